The van der Waals surface area contributed by atoms with Crippen LogP contribution in [0.5, 0.6) is 0 Å². The van der Waals surface area contributed by atoms with Gasteiger partial charge in [0.05, 0.1) is 11.9 Å². The number of hydrogen-bond acceptors (Lipinski definition) is 3. The molecule has 2 rings (SSSR count). The molecule has 22 heavy (non-hydrogen) atoms. The van der Waals surface area contributed by atoms with Crippen LogP contribution >= 0.6 is 11.8 Å². The first-order valence-corrected chi connectivity index (χ1v) is 8.52. The minimum absolute atomic E-state index is 0.0150. The van der Waals surface area contributed by atoms with E-state index in [0.717, 1.165) is 11.3 Å². The maximum atomic E-state index is 11.7. The largest absolute Gasteiger partial charge is 0.388 e. The van der Waals surface area contributed by atoms with Crippen LogP contribution in [0, 0.1) is 0 Å². The summed E-state index contributed by atoms with van der Waals surface area (Å²) < 4.78 is 0. The highest BCUT2D eigenvalue weighted by Crippen LogP contribution is 2.15. The number of aliphatic hydroxyl groups excluding tert-OH is 1. The van der Waals surface area contributed by atoms with Crippen LogP contribution in [0.25, 0.3) is 0 Å². The SMILES string of the molecule is O=C(CSCc1ccccc1)NCCC(O)c1ccccc1. The minimum atomic E-state index is -0.529. The molecule has 0 aliphatic heterocycles. The number of nitrogens with one attached hydrogen (secondary N) is 1. The quantitative estimate of drug-likeness (QED) is 0.787. The van der Waals surface area contributed by atoms with Crippen molar-refractivity contribution < 1.29 is 9.90 Å². The van der Waals surface area contributed by atoms with E-state index in [1.807, 2.05) is 48.5 Å². The number of hydrogen-bond donors (Lipinski definition) is 2. The van der Waals surface area contributed by atoms with Crippen molar-refractivity contribution in [1.82, 2.24) is 5.32 Å². The first-order valence-electron chi connectivity index (χ1n) is 7.37. The van der Waals surface area contributed by atoms with Crippen LogP contribution in [0.4, 0.5) is 0 Å². The lowest BCUT2D eigenvalue weighted by molar-refractivity contribution is -0.118. The number of carbonyl (C=O) groups is 1. The van der Waals surface area contributed by atoms with Gasteiger partial charge in [-0.3, -0.25) is 4.79 Å². The molecule has 4 heteroatoms. The van der Waals surface area contributed by atoms with Crippen LogP contribution < -0.4 is 5.32 Å². The Morgan fingerprint density at radius 1 is 1.05 bits per heavy atom. The van der Waals surface area contributed by atoms with Gasteiger partial charge < -0.3 is 10.4 Å². The first-order chi connectivity index (χ1) is 10.8. The summed E-state index contributed by atoms with van der Waals surface area (Å²) in [6, 6.07) is 19.6. The Balaban J connectivity index is 1.60. The Labute approximate surface area is 135 Å². The van der Waals surface area contributed by atoms with E-state index >= 15 is 0 Å². The van der Waals surface area contributed by atoms with E-state index in [1.165, 1.54) is 5.56 Å². The first kappa shape index (κ1) is 16.6. The third-order valence-corrected chi connectivity index (χ3v) is 4.27. The highest BCUT2D eigenvalue weighted by atomic mass is 32.2. The molecule has 2 aromatic rings. The van der Waals surface area contributed by atoms with E-state index in [4.69, 9.17) is 0 Å². The molecule has 2 aromatic carbocycles. The van der Waals surface area contributed by atoms with Gasteiger partial charge in [0.2, 0.25) is 5.91 Å². The Bertz CT molecular complexity index is 560. The van der Waals surface area contributed by atoms with Gasteiger partial charge in [-0.05, 0) is 17.5 Å². The fourth-order valence-electron chi connectivity index (χ4n) is 2.08. The van der Waals surface area contributed by atoms with Gasteiger partial charge in [-0.1, -0.05) is 60.7 Å². The molecule has 116 valence electrons. The maximum Gasteiger partial charge on any atom is 0.230 e. The Kier molecular flexibility index (Phi) is 7.00. The molecule has 0 aliphatic carbocycles. The van der Waals surface area contributed by atoms with Crippen molar-refractivity contribution in [2.75, 3.05) is 12.3 Å². The van der Waals surface area contributed by atoms with Gasteiger partial charge in [-0.15, -0.1) is 11.8 Å². The molecular weight excluding hydrogens is 294 g/mol. The van der Waals surface area contributed by atoms with Crippen molar-refractivity contribution in [3.05, 3.63) is 71.8 Å². The van der Waals surface area contributed by atoms with Crippen molar-refractivity contribution in [2.45, 2.75) is 18.3 Å². The van der Waals surface area contributed by atoms with Crippen LogP contribution in [-0.2, 0) is 10.5 Å². The molecule has 0 radical (unpaired) electrons. The molecule has 2 N–H and O–H groups in total. The molecule has 0 heterocycles. The molecule has 1 amide bonds. The molecule has 1 atom stereocenters. The second-order valence-electron chi connectivity index (χ2n) is 5.04. The number of carbonyl (C=O) groups excluding carboxylic acids is 1. The highest BCUT2D eigenvalue weighted by molar-refractivity contribution is 7.99. The third kappa shape index (κ3) is 5.92. The van der Waals surface area contributed by atoms with Crippen LogP contribution in [0.15, 0.2) is 60.7 Å². The van der Waals surface area contributed by atoms with E-state index in [1.54, 1.807) is 11.8 Å². The van der Waals surface area contributed by atoms with Gasteiger partial charge in [0, 0.05) is 12.3 Å². The lowest BCUT2D eigenvalue weighted by atomic mass is 10.1. The lowest BCUT2D eigenvalue weighted by Crippen LogP contribution is -2.27. The summed E-state index contributed by atoms with van der Waals surface area (Å²) in [4.78, 5) is 11.7. The van der Waals surface area contributed by atoms with E-state index < -0.39 is 6.10 Å². The number of aliphatic hydroxyl groups is 1. The van der Waals surface area contributed by atoms with Gasteiger partial charge in [-0.2, -0.15) is 0 Å². The van der Waals surface area contributed by atoms with Crippen LogP contribution in [0.3, 0.4) is 0 Å². The third-order valence-electron chi connectivity index (χ3n) is 3.27. The minimum Gasteiger partial charge on any atom is -0.388 e. The Hall–Kier alpha value is -1.78. The van der Waals surface area contributed by atoms with Gasteiger partial charge >= 0.3 is 0 Å². The van der Waals surface area contributed by atoms with E-state index in [-0.39, 0.29) is 5.91 Å². The molecular formula is C18H21NO2S. The van der Waals surface area contributed by atoms with Gasteiger partial charge in [0.1, 0.15) is 0 Å². The fourth-order valence-corrected chi connectivity index (χ4v) is 2.89. The summed E-state index contributed by atoms with van der Waals surface area (Å²) in [5.74, 6) is 1.29. The Morgan fingerprint density at radius 3 is 2.36 bits per heavy atom. The zero-order valence-corrected chi connectivity index (χ0v) is 13.3. The monoisotopic (exact) mass is 315 g/mol. The summed E-state index contributed by atoms with van der Waals surface area (Å²) in [7, 11) is 0. The van der Waals surface area contributed by atoms with Gasteiger partial charge in [0.15, 0.2) is 0 Å². The smallest absolute Gasteiger partial charge is 0.230 e. The summed E-state index contributed by atoms with van der Waals surface area (Å²) in [5, 5.41) is 12.9. The van der Waals surface area contributed by atoms with E-state index in [2.05, 4.69) is 17.4 Å². The topological polar surface area (TPSA) is 49.3 Å². The van der Waals surface area contributed by atoms with E-state index in [0.29, 0.717) is 18.7 Å². The molecule has 0 aliphatic rings. The molecule has 0 saturated carbocycles. The maximum absolute atomic E-state index is 11.7. The molecule has 0 saturated heterocycles. The Morgan fingerprint density at radius 2 is 1.68 bits per heavy atom. The summed E-state index contributed by atoms with van der Waals surface area (Å²) in [5.41, 5.74) is 2.11. The van der Waals surface area contributed by atoms with E-state index in [9.17, 15) is 9.90 Å². The number of thioether (sulfide) groups is 1. The van der Waals surface area contributed by atoms with Crippen molar-refractivity contribution >= 4 is 17.7 Å². The zero-order valence-electron chi connectivity index (χ0n) is 12.4. The highest BCUT2D eigenvalue weighted by Gasteiger charge is 2.07. The molecule has 1 unspecified atom stereocenters. The molecule has 0 fully saturated rings. The predicted molar refractivity (Wildman–Crippen MR) is 91.6 cm³/mol. The number of rotatable bonds is 8. The second-order valence-corrected chi connectivity index (χ2v) is 6.03. The molecule has 3 nitrogen and oxygen atoms in total. The van der Waals surface area contributed by atoms with Crippen molar-refractivity contribution in [3.63, 3.8) is 0 Å². The normalized spacial score (nSPS) is 11.9. The molecule has 0 aromatic heterocycles. The van der Waals surface area contributed by atoms with Crippen molar-refractivity contribution in [2.24, 2.45) is 0 Å². The van der Waals surface area contributed by atoms with Gasteiger partial charge in [-0.25, -0.2) is 0 Å². The summed E-state index contributed by atoms with van der Waals surface area (Å²) in [6.07, 6.45) is -0.00230. The average Bonchev–Trinajstić information content (AvgIpc) is 2.56. The predicted octanol–water partition coefficient (Wildman–Crippen LogP) is 3.16. The van der Waals surface area contributed by atoms with Gasteiger partial charge in [0.25, 0.3) is 0 Å². The molecule has 0 bridgehead atoms. The standard InChI is InChI=1S/C18H21NO2S/c20-17(16-9-5-2-6-10-16)11-12-19-18(21)14-22-13-15-7-3-1-4-8-15/h1-10,17,20H,11-14H2,(H,19,21). The molecule has 0 spiro atoms. The summed E-state index contributed by atoms with van der Waals surface area (Å²) >= 11 is 1.60. The fraction of sp³-hybridized carbons (Fsp3) is 0.278. The number of amides is 1. The average molecular weight is 315 g/mol. The van der Waals surface area contributed by atoms with Crippen molar-refractivity contribution in [3.8, 4) is 0 Å². The van der Waals surface area contributed by atoms with Crippen LogP contribution in [0.1, 0.15) is 23.7 Å². The second kappa shape index (κ2) is 9.28. The van der Waals surface area contributed by atoms with Crippen LogP contribution in [0.2, 0.25) is 0 Å². The zero-order chi connectivity index (χ0) is 15.6. The number of benzene rings is 2. The lowest BCUT2D eigenvalue weighted by Gasteiger charge is -2.11. The summed E-state index contributed by atoms with van der Waals surface area (Å²) in [6.45, 7) is 0.487. The van der Waals surface area contributed by atoms with Crippen molar-refractivity contribution in [1.29, 1.82) is 0 Å². The van der Waals surface area contributed by atoms with Crippen LogP contribution in [-0.4, -0.2) is 23.3 Å².